The third-order valence-corrected chi connectivity index (χ3v) is 1.81. The highest BCUT2D eigenvalue weighted by Gasteiger charge is 2.49. The van der Waals surface area contributed by atoms with Crippen molar-refractivity contribution in [3.05, 3.63) is 0 Å². The molecule has 1 atom stereocenters. The number of quaternary nitrogens is 1. The molecule has 0 spiro atoms. The van der Waals surface area contributed by atoms with Crippen LogP contribution in [0.15, 0.2) is 0 Å². The van der Waals surface area contributed by atoms with E-state index in [0.717, 1.165) is 0 Å². The van der Waals surface area contributed by atoms with Gasteiger partial charge in [-0.25, -0.2) is 0 Å². The largest absolute Gasteiger partial charge is 0.462 e. The Hall–Kier alpha value is -0.430. The molecule has 0 aromatic carbocycles. The molecule has 0 radical (unpaired) electrons. The standard InChI is InChI=1S/C7H13F3N2OS/c1-12(2,3)6(7(8,9)10)11-5(13)4-14/h6H,4H2,1-3H3,(H-,11,13,14)/p+1. The fraction of sp³-hybridized carbons (Fsp3) is 0.857. The van der Waals surface area contributed by atoms with Gasteiger partial charge in [0.2, 0.25) is 5.91 Å². The Kier molecular flexibility index (Phi) is 4.26. The molecule has 1 unspecified atom stereocenters. The summed E-state index contributed by atoms with van der Waals surface area (Å²) >= 11 is 3.60. The first-order valence-electron chi connectivity index (χ1n) is 3.87. The zero-order valence-corrected chi connectivity index (χ0v) is 9.12. The Morgan fingerprint density at radius 3 is 2.07 bits per heavy atom. The second-order valence-electron chi connectivity index (χ2n) is 3.79. The van der Waals surface area contributed by atoms with Crippen LogP contribution < -0.4 is 5.32 Å². The Labute approximate surface area is 86.3 Å². The minimum atomic E-state index is -4.46. The predicted octanol–water partition coefficient (Wildman–Crippen LogP) is 0.627. The fourth-order valence-electron chi connectivity index (χ4n) is 0.913. The number of nitrogens with one attached hydrogen (secondary N) is 1. The molecular formula is C7H14F3N2OS+. The molecule has 0 fully saturated rings. The van der Waals surface area contributed by atoms with Crippen molar-refractivity contribution in [2.45, 2.75) is 12.3 Å². The van der Waals surface area contributed by atoms with Crippen molar-refractivity contribution in [3.63, 3.8) is 0 Å². The lowest BCUT2D eigenvalue weighted by molar-refractivity contribution is -0.910. The van der Waals surface area contributed by atoms with Crippen LogP contribution in [0.25, 0.3) is 0 Å². The number of thiol groups is 1. The van der Waals surface area contributed by atoms with Crippen molar-refractivity contribution in [2.24, 2.45) is 0 Å². The highest BCUT2D eigenvalue weighted by atomic mass is 32.1. The van der Waals surface area contributed by atoms with Crippen LogP contribution in [0.1, 0.15) is 0 Å². The molecule has 1 amide bonds. The molecule has 7 heteroatoms. The lowest BCUT2D eigenvalue weighted by atomic mass is 10.3. The van der Waals surface area contributed by atoms with Crippen LogP contribution in [0, 0.1) is 0 Å². The number of halogens is 3. The molecule has 0 aliphatic carbocycles. The Balaban J connectivity index is 4.68. The summed E-state index contributed by atoms with van der Waals surface area (Å²) in [7, 11) is 4.07. The van der Waals surface area contributed by atoms with Gasteiger partial charge in [-0.1, -0.05) is 0 Å². The number of amides is 1. The molecule has 0 rings (SSSR count). The van der Waals surface area contributed by atoms with Gasteiger partial charge in [0.1, 0.15) is 0 Å². The second-order valence-corrected chi connectivity index (χ2v) is 4.10. The zero-order valence-electron chi connectivity index (χ0n) is 8.22. The molecule has 3 nitrogen and oxygen atoms in total. The lowest BCUT2D eigenvalue weighted by Gasteiger charge is -2.35. The first kappa shape index (κ1) is 13.6. The highest BCUT2D eigenvalue weighted by molar-refractivity contribution is 7.81. The van der Waals surface area contributed by atoms with Gasteiger partial charge in [0, 0.05) is 0 Å². The smallest absolute Gasteiger partial charge is 0.304 e. The summed E-state index contributed by atoms with van der Waals surface area (Å²) in [5.74, 6) is -0.990. The normalized spacial score (nSPS) is 15.1. The first-order chi connectivity index (χ1) is 6.09. The van der Waals surface area contributed by atoms with Crippen LogP contribution in [0.5, 0.6) is 0 Å². The summed E-state index contributed by atoms with van der Waals surface area (Å²) < 4.78 is 37.0. The second kappa shape index (κ2) is 4.39. The monoisotopic (exact) mass is 231 g/mol. The number of hydrogen-bond acceptors (Lipinski definition) is 2. The van der Waals surface area contributed by atoms with E-state index in [9.17, 15) is 18.0 Å². The molecule has 0 saturated heterocycles. The maximum absolute atomic E-state index is 12.5. The number of hydrogen-bond donors (Lipinski definition) is 2. The topological polar surface area (TPSA) is 29.1 Å². The van der Waals surface area contributed by atoms with Gasteiger partial charge in [0.25, 0.3) is 6.17 Å². The van der Waals surface area contributed by atoms with Crippen molar-refractivity contribution in [1.82, 2.24) is 5.32 Å². The summed E-state index contributed by atoms with van der Waals surface area (Å²) in [4.78, 5) is 10.8. The Morgan fingerprint density at radius 1 is 1.43 bits per heavy atom. The molecule has 1 N–H and O–H groups in total. The van der Waals surface area contributed by atoms with E-state index in [-0.39, 0.29) is 5.75 Å². The van der Waals surface area contributed by atoms with Gasteiger partial charge in [-0.05, 0) is 0 Å². The van der Waals surface area contributed by atoms with E-state index >= 15 is 0 Å². The third-order valence-electron chi connectivity index (χ3n) is 1.53. The van der Waals surface area contributed by atoms with E-state index in [1.54, 1.807) is 0 Å². The van der Waals surface area contributed by atoms with Gasteiger partial charge in [-0.3, -0.25) is 10.1 Å². The number of rotatable bonds is 3. The van der Waals surface area contributed by atoms with Gasteiger partial charge in [-0.2, -0.15) is 25.8 Å². The molecule has 0 heterocycles. The summed E-state index contributed by atoms with van der Waals surface area (Å²) in [6.07, 6.45) is -6.36. The average molecular weight is 231 g/mol. The Bertz CT molecular complexity index is 198. The van der Waals surface area contributed by atoms with Crippen LogP contribution in [0.3, 0.4) is 0 Å². The molecule has 84 valence electrons. The fourth-order valence-corrected chi connectivity index (χ4v) is 1.00. The minimum absolute atomic E-state index is 0.257. The van der Waals surface area contributed by atoms with Crippen molar-refractivity contribution in [3.8, 4) is 0 Å². The van der Waals surface area contributed by atoms with E-state index < -0.39 is 22.7 Å². The van der Waals surface area contributed by atoms with Gasteiger partial charge in [-0.15, -0.1) is 0 Å². The molecule has 14 heavy (non-hydrogen) atoms. The molecule has 0 bridgehead atoms. The van der Waals surface area contributed by atoms with Crippen molar-refractivity contribution in [2.75, 3.05) is 26.9 Å². The molecule has 0 aliphatic rings. The summed E-state index contributed by atoms with van der Waals surface area (Å²) in [5.41, 5.74) is 0. The quantitative estimate of drug-likeness (QED) is 0.416. The van der Waals surface area contributed by atoms with Crippen molar-refractivity contribution >= 4 is 18.5 Å². The number of carbonyl (C=O) groups excluding carboxylic acids is 1. The van der Waals surface area contributed by atoms with E-state index in [2.05, 4.69) is 12.6 Å². The molecular weight excluding hydrogens is 217 g/mol. The van der Waals surface area contributed by atoms with Crippen LogP contribution in [0.2, 0.25) is 0 Å². The molecule has 0 saturated carbocycles. The molecule has 0 aromatic rings. The highest BCUT2D eigenvalue weighted by Crippen LogP contribution is 2.24. The predicted molar refractivity (Wildman–Crippen MR) is 49.9 cm³/mol. The van der Waals surface area contributed by atoms with Crippen LogP contribution in [-0.4, -0.2) is 49.6 Å². The van der Waals surface area contributed by atoms with Gasteiger partial charge in [0.15, 0.2) is 0 Å². The maximum atomic E-state index is 12.5. The summed E-state index contributed by atoms with van der Waals surface area (Å²) in [6.45, 7) is 0. The van der Waals surface area contributed by atoms with E-state index in [1.807, 2.05) is 5.32 Å². The Morgan fingerprint density at radius 2 is 1.86 bits per heavy atom. The molecule has 0 aromatic heterocycles. The summed E-state index contributed by atoms with van der Waals surface area (Å²) in [6, 6.07) is 0. The van der Waals surface area contributed by atoms with E-state index in [4.69, 9.17) is 0 Å². The van der Waals surface area contributed by atoms with Gasteiger partial charge in [0.05, 0.1) is 26.9 Å². The van der Waals surface area contributed by atoms with E-state index in [0.29, 0.717) is 0 Å². The SMILES string of the molecule is C[N+](C)(C)C(NC(=O)CS)C(F)(F)F. The summed E-state index contributed by atoms with van der Waals surface area (Å²) in [5, 5.41) is 1.88. The lowest BCUT2D eigenvalue weighted by Crippen LogP contribution is -2.62. The number of carbonyl (C=O) groups is 1. The zero-order chi connectivity index (χ0) is 11.6. The minimum Gasteiger partial charge on any atom is -0.304 e. The average Bonchev–Trinajstić information content (AvgIpc) is 1.95. The molecule has 0 aliphatic heterocycles. The number of alkyl halides is 3. The maximum Gasteiger partial charge on any atom is 0.462 e. The van der Waals surface area contributed by atoms with Crippen molar-refractivity contribution in [1.29, 1.82) is 0 Å². The van der Waals surface area contributed by atoms with E-state index in [1.165, 1.54) is 21.1 Å². The van der Waals surface area contributed by atoms with Crippen LogP contribution >= 0.6 is 12.6 Å². The third kappa shape index (κ3) is 4.19. The van der Waals surface area contributed by atoms with Gasteiger partial charge < -0.3 is 4.48 Å². The number of nitrogens with zero attached hydrogens (tertiary/aromatic N) is 1. The van der Waals surface area contributed by atoms with Crippen molar-refractivity contribution < 1.29 is 22.4 Å². The first-order valence-corrected chi connectivity index (χ1v) is 4.50. The van der Waals surface area contributed by atoms with Crippen LogP contribution in [0.4, 0.5) is 13.2 Å². The van der Waals surface area contributed by atoms with Crippen LogP contribution in [-0.2, 0) is 4.79 Å². The van der Waals surface area contributed by atoms with Gasteiger partial charge >= 0.3 is 6.18 Å².